The maximum atomic E-state index is 12.5. The number of rotatable bonds is 2. The van der Waals surface area contributed by atoms with Crippen molar-refractivity contribution in [2.45, 2.75) is 25.2 Å². The molecule has 3 nitrogen and oxygen atoms in total. The monoisotopic (exact) mass is 379 g/mol. The van der Waals surface area contributed by atoms with Crippen LogP contribution in [0, 0.1) is 15.4 Å². The highest BCUT2D eigenvalue weighted by Gasteiger charge is 2.31. The molecule has 0 unspecified atom stereocenters. The molecule has 2 atom stereocenters. The van der Waals surface area contributed by atoms with E-state index in [1.54, 1.807) is 16.4 Å². The average molecular weight is 379 g/mol. The van der Waals surface area contributed by atoms with Crippen LogP contribution in [0.25, 0.3) is 0 Å². The van der Waals surface area contributed by atoms with Crippen LogP contribution < -0.4 is 0 Å². The van der Waals surface area contributed by atoms with E-state index >= 15 is 0 Å². The van der Waals surface area contributed by atoms with Crippen LogP contribution in [0.1, 0.15) is 20.3 Å². The molecule has 0 spiro atoms. The lowest BCUT2D eigenvalue weighted by Gasteiger charge is -2.34. The van der Waals surface area contributed by atoms with E-state index in [4.69, 9.17) is 0 Å². The molecule has 0 aromatic heterocycles. The Hall–Kier alpha value is -0.140. The molecule has 5 heteroatoms. The third-order valence-corrected chi connectivity index (χ3v) is 5.85. The minimum atomic E-state index is -3.31. The van der Waals surface area contributed by atoms with Crippen LogP contribution >= 0.6 is 22.6 Å². The molecule has 1 aromatic rings. The van der Waals surface area contributed by atoms with Crippen molar-refractivity contribution in [3.63, 3.8) is 0 Å². The Morgan fingerprint density at radius 1 is 1.11 bits per heavy atom. The highest BCUT2D eigenvalue weighted by atomic mass is 127. The lowest BCUT2D eigenvalue weighted by Crippen LogP contribution is -2.42. The van der Waals surface area contributed by atoms with Gasteiger partial charge in [-0.3, -0.25) is 0 Å². The first-order chi connectivity index (χ1) is 8.39. The zero-order valence-corrected chi connectivity index (χ0v) is 13.6. The molecule has 1 aromatic carbocycles. The van der Waals surface area contributed by atoms with E-state index in [0.717, 1.165) is 9.99 Å². The minimum Gasteiger partial charge on any atom is -0.207 e. The van der Waals surface area contributed by atoms with Gasteiger partial charge < -0.3 is 0 Å². The summed E-state index contributed by atoms with van der Waals surface area (Å²) in [6, 6.07) is 7.07. The fraction of sp³-hybridized carbons (Fsp3) is 0.538. The minimum absolute atomic E-state index is 0.407. The molecular formula is C13H18INO2S. The summed E-state index contributed by atoms with van der Waals surface area (Å²) in [7, 11) is -3.31. The van der Waals surface area contributed by atoms with Gasteiger partial charge in [0.1, 0.15) is 0 Å². The Morgan fingerprint density at radius 2 is 1.61 bits per heavy atom. The summed E-state index contributed by atoms with van der Waals surface area (Å²) in [6.45, 7) is 5.51. The molecule has 100 valence electrons. The first kappa shape index (κ1) is 14.3. The summed E-state index contributed by atoms with van der Waals surface area (Å²) in [6.07, 6.45) is 1.11. The normalized spacial score (nSPS) is 26.2. The molecule has 1 aliphatic heterocycles. The molecular weight excluding hydrogens is 361 g/mol. The van der Waals surface area contributed by atoms with Crippen LogP contribution in [0.4, 0.5) is 0 Å². The predicted octanol–water partition coefficient (Wildman–Crippen LogP) is 2.96. The maximum absolute atomic E-state index is 12.5. The number of hydrogen-bond donors (Lipinski definition) is 0. The molecule has 0 radical (unpaired) electrons. The van der Waals surface area contributed by atoms with Crippen molar-refractivity contribution in [2.24, 2.45) is 11.8 Å². The van der Waals surface area contributed by atoms with Crippen LogP contribution in [0.2, 0.25) is 0 Å². The van der Waals surface area contributed by atoms with Crippen LogP contribution in [-0.2, 0) is 10.0 Å². The van der Waals surface area contributed by atoms with Crippen LogP contribution in [-0.4, -0.2) is 25.8 Å². The second-order valence-electron chi connectivity index (χ2n) is 5.22. The summed E-state index contributed by atoms with van der Waals surface area (Å²) in [5, 5.41) is 0. The first-order valence-electron chi connectivity index (χ1n) is 6.15. The number of halogens is 1. The quantitative estimate of drug-likeness (QED) is 0.741. The van der Waals surface area contributed by atoms with Crippen molar-refractivity contribution in [1.29, 1.82) is 0 Å². The van der Waals surface area contributed by atoms with Crippen molar-refractivity contribution in [3.05, 3.63) is 27.8 Å². The Balaban J connectivity index is 2.28. The molecule has 0 saturated carbocycles. The SMILES string of the molecule is C[C@H]1C[C@H](C)CN(S(=O)(=O)c2ccc(I)cc2)C1. The summed E-state index contributed by atoms with van der Waals surface area (Å²) >= 11 is 2.18. The smallest absolute Gasteiger partial charge is 0.207 e. The Labute approximate surface area is 123 Å². The Morgan fingerprint density at radius 3 is 2.11 bits per heavy atom. The third kappa shape index (κ3) is 3.05. The number of benzene rings is 1. The van der Waals surface area contributed by atoms with Crippen molar-refractivity contribution in [3.8, 4) is 0 Å². The first-order valence-corrected chi connectivity index (χ1v) is 8.67. The van der Waals surface area contributed by atoms with Crippen LogP contribution in [0.3, 0.4) is 0 Å². The van der Waals surface area contributed by atoms with E-state index in [0.29, 0.717) is 29.8 Å². The van der Waals surface area contributed by atoms with Crippen molar-refractivity contribution in [1.82, 2.24) is 4.31 Å². The number of hydrogen-bond acceptors (Lipinski definition) is 2. The number of nitrogens with zero attached hydrogens (tertiary/aromatic N) is 1. The Bertz CT molecular complexity index is 502. The third-order valence-electron chi connectivity index (χ3n) is 3.29. The van der Waals surface area contributed by atoms with Gasteiger partial charge >= 0.3 is 0 Å². The Kier molecular flexibility index (Phi) is 4.33. The molecule has 1 aliphatic rings. The van der Waals surface area contributed by atoms with Gasteiger partial charge in [-0.1, -0.05) is 13.8 Å². The van der Waals surface area contributed by atoms with Crippen molar-refractivity contribution >= 4 is 32.6 Å². The standard InChI is InChI=1S/C13H18INO2S/c1-10-7-11(2)9-15(8-10)18(16,17)13-5-3-12(14)4-6-13/h3-6,10-11H,7-9H2,1-2H3/t10-,11-/m0/s1. The van der Waals surface area contributed by atoms with E-state index < -0.39 is 10.0 Å². The van der Waals surface area contributed by atoms with Gasteiger partial charge in [0.2, 0.25) is 10.0 Å². The number of piperidine rings is 1. The molecule has 0 bridgehead atoms. The number of sulfonamides is 1. The zero-order valence-electron chi connectivity index (χ0n) is 10.6. The van der Waals surface area contributed by atoms with E-state index in [9.17, 15) is 8.42 Å². The molecule has 1 heterocycles. The summed E-state index contributed by atoms with van der Waals surface area (Å²) in [4.78, 5) is 0.407. The maximum Gasteiger partial charge on any atom is 0.243 e. The van der Waals surface area contributed by atoms with Gasteiger partial charge in [0.05, 0.1) is 4.90 Å². The molecule has 1 fully saturated rings. The lowest BCUT2D eigenvalue weighted by molar-refractivity contribution is 0.222. The van der Waals surface area contributed by atoms with Crippen molar-refractivity contribution < 1.29 is 8.42 Å². The van der Waals surface area contributed by atoms with E-state index in [2.05, 4.69) is 36.4 Å². The molecule has 0 amide bonds. The van der Waals surface area contributed by atoms with Gasteiger partial charge in [-0.15, -0.1) is 0 Å². The highest BCUT2D eigenvalue weighted by molar-refractivity contribution is 14.1. The van der Waals surface area contributed by atoms with E-state index in [1.807, 2.05) is 12.1 Å². The lowest BCUT2D eigenvalue weighted by atomic mass is 9.94. The van der Waals surface area contributed by atoms with Gasteiger partial charge in [0.15, 0.2) is 0 Å². The molecule has 1 saturated heterocycles. The van der Waals surface area contributed by atoms with Gasteiger partial charge in [0, 0.05) is 16.7 Å². The molecule has 18 heavy (non-hydrogen) atoms. The molecule has 0 N–H and O–H groups in total. The van der Waals surface area contributed by atoms with Gasteiger partial charge in [-0.2, -0.15) is 4.31 Å². The fourth-order valence-corrected chi connectivity index (χ4v) is 4.60. The summed E-state index contributed by atoms with van der Waals surface area (Å²) in [5.41, 5.74) is 0. The summed E-state index contributed by atoms with van der Waals surface area (Å²) < 4.78 is 27.7. The zero-order chi connectivity index (χ0) is 13.3. The predicted molar refractivity (Wildman–Crippen MR) is 80.9 cm³/mol. The van der Waals surface area contributed by atoms with Crippen LogP contribution in [0.15, 0.2) is 29.2 Å². The van der Waals surface area contributed by atoms with Crippen LogP contribution in [0.5, 0.6) is 0 Å². The fourth-order valence-electron chi connectivity index (χ4n) is 2.56. The average Bonchev–Trinajstić information content (AvgIpc) is 2.28. The van der Waals surface area contributed by atoms with Gasteiger partial charge in [-0.25, -0.2) is 8.42 Å². The second kappa shape index (κ2) is 5.46. The van der Waals surface area contributed by atoms with Crippen molar-refractivity contribution in [2.75, 3.05) is 13.1 Å². The largest absolute Gasteiger partial charge is 0.243 e. The summed E-state index contributed by atoms with van der Waals surface area (Å²) in [5.74, 6) is 0.875. The van der Waals surface area contributed by atoms with Gasteiger partial charge in [-0.05, 0) is 65.1 Å². The van der Waals surface area contributed by atoms with E-state index in [1.165, 1.54) is 0 Å². The topological polar surface area (TPSA) is 37.4 Å². The van der Waals surface area contributed by atoms with Gasteiger partial charge in [0.25, 0.3) is 0 Å². The second-order valence-corrected chi connectivity index (χ2v) is 8.41. The molecule has 2 rings (SSSR count). The highest BCUT2D eigenvalue weighted by Crippen LogP contribution is 2.26. The molecule has 0 aliphatic carbocycles. The van der Waals surface area contributed by atoms with E-state index in [-0.39, 0.29) is 0 Å².